The van der Waals surface area contributed by atoms with Crippen molar-refractivity contribution in [1.29, 1.82) is 0 Å². The summed E-state index contributed by atoms with van der Waals surface area (Å²) < 4.78 is 7.81. The van der Waals surface area contributed by atoms with Gasteiger partial charge in [-0.3, -0.25) is 4.68 Å². The van der Waals surface area contributed by atoms with Crippen LogP contribution in [0.3, 0.4) is 0 Å². The smallest absolute Gasteiger partial charge is 0.409 e. The summed E-state index contributed by atoms with van der Waals surface area (Å²) >= 11 is 4.58. The molecule has 0 atom stereocenters. The number of piperidine rings is 1. The van der Waals surface area contributed by atoms with Crippen LogP contribution in [0.15, 0.2) is 67.0 Å². The van der Waals surface area contributed by atoms with Gasteiger partial charge in [-0.15, -0.1) is 0 Å². The standard InChI is InChI=1S/C24H25N3O2S/c28-23(26-14-10-24(17-30,11-15-26)27-13-5-12-25-27)29-16-22-20-8-3-1-6-18(20)19-7-2-4-9-21(19)22/h1-9,12-13,22,30H,10-11,14-17H2. The Bertz CT molecular complexity index is 997. The van der Waals surface area contributed by atoms with E-state index >= 15 is 0 Å². The molecular weight excluding hydrogens is 394 g/mol. The molecule has 5 nitrogen and oxygen atoms in total. The minimum Gasteiger partial charge on any atom is -0.448 e. The number of thiol groups is 1. The van der Waals surface area contributed by atoms with E-state index < -0.39 is 0 Å². The van der Waals surface area contributed by atoms with Crippen molar-refractivity contribution in [2.24, 2.45) is 0 Å². The van der Waals surface area contributed by atoms with Gasteiger partial charge in [0.1, 0.15) is 6.61 Å². The van der Waals surface area contributed by atoms with E-state index in [0.717, 1.165) is 12.8 Å². The van der Waals surface area contributed by atoms with Gasteiger partial charge in [0.2, 0.25) is 0 Å². The summed E-state index contributed by atoms with van der Waals surface area (Å²) in [6, 6.07) is 18.7. The molecule has 6 heteroatoms. The summed E-state index contributed by atoms with van der Waals surface area (Å²) in [6.45, 7) is 1.66. The van der Waals surface area contributed by atoms with E-state index in [2.05, 4.69) is 66.3 Å². The average molecular weight is 420 g/mol. The maximum absolute atomic E-state index is 12.8. The summed E-state index contributed by atoms with van der Waals surface area (Å²) in [5.41, 5.74) is 4.82. The zero-order valence-corrected chi connectivity index (χ0v) is 17.7. The maximum atomic E-state index is 12.8. The van der Waals surface area contributed by atoms with Crippen LogP contribution in [0.4, 0.5) is 4.79 Å². The number of hydrogen-bond donors (Lipinski definition) is 1. The first-order valence-electron chi connectivity index (χ1n) is 10.4. The van der Waals surface area contributed by atoms with Crippen LogP contribution in [-0.2, 0) is 10.3 Å². The predicted molar refractivity (Wildman–Crippen MR) is 120 cm³/mol. The van der Waals surface area contributed by atoms with Gasteiger partial charge in [-0.05, 0) is 41.2 Å². The molecule has 1 amide bonds. The highest BCUT2D eigenvalue weighted by atomic mass is 32.1. The van der Waals surface area contributed by atoms with Gasteiger partial charge in [0, 0.05) is 37.2 Å². The molecule has 0 spiro atoms. The summed E-state index contributed by atoms with van der Waals surface area (Å²) in [4.78, 5) is 14.6. The van der Waals surface area contributed by atoms with Crippen LogP contribution >= 0.6 is 12.6 Å². The second kappa shape index (κ2) is 7.84. The number of benzene rings is 2. The van der Waals surface area contributed by atoms with E-state index in [1.165, 1.54) is 22.3 Å². The molecule has 3 aromatic rings. The normalized spacial score (nSPS) is 17.4. The van der Waals surface area contributed by atoms with E-state index in [9.17, 15) is 4.79 Å². The first kappa shape index (κ1) is 19.2. The number of rotatable bonds is 4. The molecule has 2 aliphatic rings. The second-order valence-corrected chi connectivity index (χ2v) is 8.44. The fourth-order valence-electron chi connectivity index (χ4n) is 4.80. The van der Waals surface area contributed by atoms with Crippen molar-refractivity contribution in [1.82, 2.24) is 14.7 Å². The molecule has 0 radical (unpaired) electrons. The molecule has 1 aliphatic carbocycles. The molecule has 1 aromatic heterocycles. The van der Waals surface area contributed by atoms with Crippen LogP contribution < -0.4 is 0 Å². The SMILES string of the molecule is O=C(OCC1c2ccccc2-c2ccccc21)N1CCC(CS)(n2cccn2)CC1. The van der Waals surface area contributed by atoms with E-state index in [4.69, 9.17) is 4.74 Å². The molecule has 0 N–H and O–H groups in total. The maximum Gasteiger partial charge on any atom is 0.409 e. The van der Waals surface area contributed by atoms with E-state index in [-0.39, 0.29) is 17.6 Å². The summed E-state index contributed by atoms with van der Waals surface area (Å²) in [6.07, 6.45) is 5.19. The Morgan fingerprint density at radius 2 is 1.67 bits per heavy atom. The number of fused-ring (bicyclic) bond motifs is 3. The fourth-order valence-corrected chi connectivity index (χ4v) is 5.26. The van der Waals surface area contributed by atoms with Gasteiger partial charge in [-0.2, -0.15) is 17.7 Å². The lowest BCUT2D eigenvalue weighted by atomic mass is 9.89. The van der Waals surface area contributed by atoms with Crippen molar-refractivity contribution in [2.75, 3.05) is 25.4 Å². The van der Waals surface area contributed by atoms with Crippen molar-refractivity contribution in [3.05, 3.63) is 78.1 Å². The van der Waals surface area contributed by atoms with Gasteiger partial charge in [0.25, 0.3) is 0 Å². The molecule has 0 bridgehead atoms. The highest BCUT2D eigenvalue weighted by Gasteiger charge is 2.38. The van der Waals surface area contributed by atoms with E-state index in [1.54, 1.807) is 6.20 Å². The Balaban J connectivity index is 1.25. The van der Waals surface area contributed by atoms with E-state index in [0.29, 0.717) is 25.4 Å². The topological polar surface area (TPSA) is 47.4 Å². The molecule has 1 fully saturated rings. The van der Waals surface area contributed by atoms with Crippen LogP contribution in [0.2, 0.25) is 0 Å². The van der Waals surface area contributed by atoms with Gasteiger partial charge in [-0.25, -0.2) is 4.79 Å². The second-order valence-electron chi connectivity index (χ2n) is 8.12. The zero-order valence-electron chi connectivity index (χ0n) is 16.8. The molecule has 0 unspecified atom stereocenters. The molecule has 30 heavy (non-hydrogen) atoms. The summed E-state index contributed by atoms with van der Waals surface area (Å²) in [5.74, 6) is 0.791. The zero-order chi connectivity index (χ0) is 20.6. The van der Waals surface area contributed by atoms with E-state index in [1.807, 2.05) is 21.8 Å². The first-order valence-corrected chi connectivity index (χ1v) is 11.1. The monoisotopic (exact) mass is 419 g/mol. The molecule has 154 valence electrons. The lowest BCUT2D eigenvalue weighted by Gasteiger charge is -2.40. The Labute approximate surface area is 182 Å². The molecule has 1 aliphatic heterocycles. The largest absolute Gasteiger partial charge is 0.448 e. The van der Waals surface area contributed by atoms with Gasteiger partial charge in [0.15, 0.2) is 0 Å². The number of carbonyl (C=O) groups excluding carboxylic acids is 1. The number of aromatic nitrogens is 2. The minimum absolute atomic E-state index is 0.0896. The summed E-state index contributed by atoms with van der Waals surface area (Å²) in [7, 11) is 0. The van der Waals surface area contributed by atoms with Crippen LogP contribution in [0.1, 0.15) is 29.9 Å². The summed E-state index contributed by atoms with van der Waals surface area (Å²) in [5, 5.41) is 4.42. The van der Waals surface area contributed by atoms with Gasteiger partial charge in [-0.1, -0.05) is 48.5 Å². The Morgan fingerprint density at radius 1 is 1.03 bits per heavy atom. The fraction of sp³-hybridized carbons (Fsp3) is 0.333. The van der Waals surface area contributed by atoms with Crippen molar-refractivity contribution in [3.8, 4) is 11.1 Å². The first-order chi connectivity index (χ1) is 14.7. The van der Waals surface area contributed by atoms with Crippen LogP contribution in [-0.4, -0.2) is 46.2 Å². The molecule has 2 aromatic carbocycles. The molecule has 0 saturated carbocycles. The molecular formula is C24H25N3O2S. The third-order valence-electron chi connectivity index (χ3n) is 6.57. The molecule has 2 heterocycles. The Kier molecular flexibility index (Phi) is 5.03. The van der Waals surface area contributed by atoms with Crippen LogP contribution in [0.5, 0.6) is 0 Å². The van der Waals surface area contributed by atoms with Crippen molar-refractivity contribution in [2.45, 2.75) is 24.3 Å². The molecule has 5 rings (SSSR count). The van der Waals surface area contributed by atoms with Crippen molar-refractivity contribution in [3.63, 3.8) is 0 Å². The Morgan fingerprint density at radius 3 is 2.23 bits per heavy atom. The van der Waals surface area contributed by atoms with Crippen LogP contribution in [0, 0.1) is 0 Å². The number of ether oxygens (including phenoxy) is 1. The lowest BCUT2D eigenvalue weighted by molar-refractivity contribution is 0.0695. The third-order valence-corrected chi connectivity index (χ3v) is 7.16. The number of amides is 1. The van der Waals surface area contributed by atoms with Gasteiger partial charge >= 0.3 is 6.09 Å². The molecule has 1 saturated heterocycles. The Hall–Kier alpha value is -2.73. The highest BCUT2D eigenvalue weighted by Crippen LogP contribution is 2.44. The van der Waals surface area contributed by atoms with Crippen molar-refractivity contribution >= 4 is 18.7 Å². The average Bonchev–Trinajstić information content (AvgIpc) is 3.45. The predicted octanol–water partition coefficient (Wildman–Crippen LogP) is 4.55. The van der Waals surface area contributed by atoms with Crippen molar-refractivity contribution < 1.29 is 9.53 Å². The third kappa shape index (κ3) is 3.19. The lowest BCUT2D eigenvalue weighted by Crippen LogP contribution is -2.49. The highest BCUT2D eigenvalue weighted by molar-refractivity contribution is 7.80. The number of hydrogen-bond acceptors (Lipinski definition) is 4. The minimum atomic E-state index is -0.231. The quantitative estimate of drug-likeness (QED) is 0.631. The number of carbonyl (C=O) groups is 1. The van der Waals surface area contributed by atoms with Gasteiger partial charge < -0.3 is 9.64 Å². The van der Waals surface area contributed by atoms with Crippen LogP contribution in [0.25, 0.3) is 11.1 Å². The number of likely N-dealkylation sites (tertiary alicyclic amines) is 1. The number of nitrogens with zero attached hydrogens (tertiary/aromatic N) is 3. The van der Waals surface area contributed by atoms with Gasteiger partial charge in [0.05, 0.1) is 5.54 Å².